The third-order valence-electron chi connectivity index (χ3n) is 4.31. The molecule has 1 heterocycles. The zero-order valence-corrected chi connectivity index (χ0v) is 12.7. The molecule has 120 valence electrons. The molecule has 0 aromatic heterocycles. The number of hydrogen-bond acceptors (Lipinski definition) is 4. The van der Waals surface area contributed by atoms with E-state index in [4.69, 9.17) is 10.2 Å². The molecule has 0 unspecified atom stereocenters. The molecule has 2 atom stereocenters. The molecule has 1 saturated carbocycles. The first-order valence-electron chi connectivity index (χ1n) is 7.81. The minimum absolute atomic E-state index is 0.315. The first-order chi connectivity index (χ1) is 11.1. The summed E-state index contributed by atoms with van der Waals surface area (Å²) < 4.78 is 0. The Labute approximate surface area is 133 Å². The number of carbonyl (C=O) groups is 2. The quantitative estimate of drug-likeness (QED) is 0.649. The Balaban J connectivity index is 0.000000166. The zero-order valence-electron chi connectivity index (χ0n) is 12.7. The highest BCUT2D eigenvalue weighted by atomic mass is 16.3. The van der Waals surface area contributed by atoms with Crippen molar-refractivity contribution in [3.63, 3.8) is 0 Å². The molecule has 1 aliphatic heterocycles. The van der Waals surface area contributed by atoms with Gasteiger partial charge in [0.2, 0.25) is 0 Å². The Hall–Kier alpha value is -2.24. The summed E-state index contributed by atoms with van der Waals surface area (Å²) in [4.78, 5) is 23.1. The van der Waals surface area contributed by atoms with Gasteiger partial charge < -0.3 is 10.2 Å². The van der Waals surface area contributed by atoms with E-state index < -0.39 is 12.2 Å². The Morgan fingerprint density at radius 1 is 0.826 bits per heavy atom. The van der Waals surface area contributed by atoms with Crippen LogP contribution in [0, 0.1) is 0 Å². The highest BCUT2D eigenvalue weighted by Crippen LogP contribution is 2.25. The highest BCUT2D eigenvalue weighted by molar-refractivity contribution is 6.25. The third-order valence-corrected chi connectivity index (χ3v) is 4.31. The largest absolute Gasteiger partial charge is 0.390 e. The van der Waals surface area contributed by atoms with E-state index in [2.05, 4.69) is 5.32 Å². The van der Waals surface area contributed by atoms with Crippen LogP contribution >= 0.6 is 0 Å². The summed E-state index contributed by atoms with van der Waals surface area (Å²) in [5.41, 5.74) is 1.14. The molecule has 5 nitrogen and oxygen atoms in total. The molecule has 1 aliphatic carbocycles. The number of aliphatic hydroxyl groups excluding tert-OH is 2. The van der Waals surface area contributed by atoms with Crippen molar-refractivity contribution in [3.8, 4) is 0 Å². The molecule has 5 heteroatoms. The zero-order chi connectivity index (χ0) is 16.4. The molecule has 3 N–H and O–H groups in total. The Morgan fingerprint density at radius 3 is 1.74 bits per heavy atom. The maximum atomic E-state index is 11.6. The van der Waals surface area contributed by atoms with Gasteiger partial charge in [0.05, 0.1) is 12.2 Å². The second-order valence-corrected chi connectivity index (χ2v) is 5.91. The van der Waals surface area contributed by atoms with Crippen LogP contribution in [-0.4, -0.2) is 34.2 Å². The van der Waals surface area contributed by atoms with Gasteiger partial charge in [0.1, 0.15) is 0 Å². The van der Waals surface area contributed by atoms with Crippen LogP contribution in [0.15, 0.2) is 36.4 Å². The van der Waals surface area contributed by atoms with Crippen molar-refractivity contribution in [2.75, 3.05) is 0 Å². The van der Waals surface area contributed by atoms with E-state index in [0.717, 1.165) is 36.5 Å². The number of aliphatic hydroxyl groups is 2. The summed E-state index contributed by atoms with van der Waals surface area (Å²) in [5, 5.41) is 21.9. The number of benzene rings is 2. The number of hydrogen-bond donors (Lipinski definition) is 3. The van der Waals surface area contributed by atoms with Crippen LogP contribution in [0.5, 0.6) is 0 Å². The lowest BCUT2D eigenvalue weighted by Crippen LogP contribution is -2.34. The van der Waals surface area contributed by atoms with E-state index in [0.29, 0.717) is 11.1 Å². The predicted octanol–water partition coefficient (Wildman–Crippen LogP) is 2.01. The summed E-state index contributed by atoms with van der Waals surface area (Å²) in [6, 6.07) is 10.9. The number of imide groups is 1. The van der Waals surface area contributed by atoms with Gasteiger partial charge in [-0.3, -0.25) is 14.9 Å². The average Bonchev–Trinajstić information content (AvgIpc) is 2.56. The van der Waals surface area contributed by atoms with Crippen molar-refractivity contribution in [2.45, 2.75) is 37.9 Å². The molecule has 0 saturated heterocycles. The predicted molar refractivity (Wildman–Crippen MR) is 86.2 cm³/mol. The Morgan fingerprint density at radius 2 is 1.30 bits per heavy atom. The molecule has 2 aromatic carbocycles. The van der Waals surface area contributed by atoms with Crippen molar-refractivity contribution < 1.29 is 19.8 Å². The molecular formula is C18H19NO4. The monoisotopic (exact) mass is 313 g/mol. The van der Waals surface area contributed by atoms with Crippen LogP contribution in [0.4, 0.5) is 0 Å². The van der Waals surface area contributed by atoms with E-state index in [-0.39, 0.29) is 11.8 Å². The van der Waals surface area contributed by atoms with Crippen LogP contribution in [0.1, 0.15) is 46.4 Å². The maximum absolute atomic E-state index is 11.6. The molecule has 4 rings (SSSR count). The van der Waals surface area contributed by atoms with Crippen LogP contribution in [-0.2, 0) is 0 Å². The number of amides is 2. The topological polar surface area (TPSA) is 86.6 Å². The van der Waals surface area contributed by atoms with Crippen LogP contribution in [0.25, 0.3) is 10.8 Å². The molecule has 2 aromatic rings. The van der Waals surface area contributed by atoms with Crippen LogP contribution in [0.3, 0.4) is 0 Å². The Kier molecular flexibility index (Phi) is 4.41. The molecule has 0 bridgehead atoms. The van der Waals surface area contributed by atoms with Crippen LogP contribution < -0.4 is 5.32 Å². The molecule has 1 fully saturated rings. The SMILES string of the molecule is O=C1NC(=O)c2cccc3cccc1c23.O[C@@H]1CCCC[C@H]1O. The van der Waals surface area contributed by atoms with Gasteiger partial charge in [-0.1, -0.05) is 37.1 Å². The summed E-state index contributed by atoms with van der Waals surface area (Å²) in [6.07, 6.45) is 2.81. The average molecular weight is 313 g/mol. The van der Waals surface area contributed by atoms with Crippen LogP contribution in [0.2, 0.25) is 0 Å². The molecule has 0 spiro atoms. The lowest BCUT2D eigenvalue weighted by molar-refractivity contribution is -0.00865. The molecule has 2 aliphatic rings. The summed E-state index contributed by atoms with van der Waals surface area (Å²) in [7, 11) is 0. The van der Waals surface area contributed by atoms with Crippen molar-refractivity contribution in [1.82, 2.24) is 5.32 Å². The van der Waals surface area contributed by atoms with Gasteiger partial charge >= 0.3 is 0 Å². The summed E-state index contributed by atoms with van der Waals surface area (Å²) in [5.74, 6) is -0.631. The van der Waals surface area contributed by atoms with Gasteiger partial charge in [-0.15, -0.1) is 0 Å². The summed E-state index contributed by atoms with van der Waals surface area (Å²) in [6.45, 7) is 0. The number of nitrogens with one attached hydrogen (secondary N) is 1. The van der Waals surface area contributed by atoms with Crippen molar-refractivity contribution in [1.29, 1.82) is 0 Å². The van der Waals surface area contributed by atoms with Gasteiger partial charge in [-0.2, -0.15) is 0 Å². The molecule has 23 heavy (non-hydrogen) atoms. The molecule has 0 radical (unpaired) electrons. The fourth-order valence-electron chi connectivity index (χ4n) is 3.05. The number of rotatable bonds is 0. The van der Waals surface area contributed by atoms with Crippen molar-refractivity contribution >= 4 is 22.6 Å². The van der Waals surface area contributed by atoms with Gasteiger partial charge in [0.15, 0.2) is 0 Å². The Bertz CT molecular complexity index is 697. The standard InChI is InChI=1S/C12H7NO2.C6H12O2/c14-11-8-5-1-3-7-4-2-6-9(10(7)8)12(15)13-11;7-5-3-1-2-4-6(5)8/h1-6H,(H,13,14,15);5-8H,1-4H2/t;5-,6-/m.1/s1. The normalized spacial score (nSPS) is 23.0. The molecular weight excluding hydrogens is 294 g/mol. The smallest absolute Gasteiger partial charge is 0.258 e. The van der Waals surface area contributed by atoms with E-state index >= 15 is 0 Å². The van der Waals surface area contributed by atoms with Gasteiger partial charge in [0, 0.05) is 16.5 Å². The third kappa shape index (κ3) is 3.11. The summed E-state index contributed by atoms with van der Waals surface area (Å²) >= 11 is 0. The van der Waals surface area contributed by atoms with E-state index in [1.165, 1.54) is 0 Å². The maximum Gasteiger partial charge on any atom is 0.258 e. The second-order valence-electron chi connectivity index (χ2n) is 5.91. The fraction of sp³-hybridized carbons (Fsp3) is 0.333. The van der Waals surface area contributed by atoms with E-state index in [9.17, 15) is 9.59 Å². The van der Waals surface area contributed by atoms with Gasteiger partial charge in [-0.05, 0) is 30.4 Å². The van der Waals surface area contributed by atoms with Gasteiger partial charge in [-0.25, -0.2) is 0 Å². The van der Waals surface area contributed by atoms with Crippen molar-refractivity contribution in [3.05, 3.63) is 47.5 Å². The molecule has 2 amide bonds. The second kappa shape index (κ2) is 6.48. The van der Waals surface area contributed by atoms with E-state index in [1.807, 2.05) is 24.3 Å². The highest BCUT2D eigenvalue weighted by Gasteiger charge is 2.23. The number of carbonyl (C=O) groups excluding carboxylic acids is 2. The van der Waals surface area contributed by atoms with E-state index in [1.54, 1.807) is 12.1 Å². The first kappa shape index (κ1) is 15.6. The minimum Gasteiger partial charge on any atom is -0.390 e. The minimum atomic E-state index is -0.441. The van der Waals surface area contributed by atoms with Gasteiger partial charge in [0.25, 0.3) is 11.8 Å². The lowest BCUT2D eigenvalue weighted by Gasteiger charge is -2.22. The lowest BCUT2D eigenvalue weighted by atomic mass is 9.95. The first-order valence-corrected chi connectivity index (χ1v) is 7.81. The fourth-order valence-corrected chi connectivity index (χ4v) is 3.05. The van der Waals surface area contributed by atoms with Crippen molar-refractivity contribution in [2.24, 2.45) is 0 Å².